The molecule has 100 valence electrons. The first-order valence-electron chi connectivity index (χ1n) is 7.18. The predicted molar refractivity (Wildman–Crippen MR) is 76.1 cm³/mol. The topological polar surface area (TPSA) is 21.3 Å². The van der Waals surface area contributed by atoms with Gasteiger partial charge >= 0.3 is 0 Å². The second-order valence-electron chi connectivity index (χ2n) is 5.82. The highest BCUT2D eigenvalue weighted by Gasteiger charge is 2.39. The zero-order valence-electron chi connectivity index (χ0n) is 11.2. The third kappa shape index (κ3) is 2.79. The van der Waals surface area contributed by atoms with Gasteiger partial charge in [-0.2, -0.15) is 0 Å². The van der Waals surface area contributed by atoms with E-state index in [1.807, 2.05) is 11.3 Å². The number of hydrogen-bond donors (Lipinski definition) is 1. The molecule has 2 heterocycles. The Morgan fingerprint density at radius 2 is 2.22 bits per heavy atom. The maximum atomic E-state index is 6.08. The van der Waals surface area contributed by atoms with Crippen molar-refractivity contribution in [1.29, 1.82) is 0 Å². The Hall–Kier alpha value is -0.380. The molecule has 2 fully saturated rings. The number of nitrogens with one attached hydrogen (secondary N) is 1. The first-order valence-corrected chi connectivity index (χ1v) is 8.00. The second kappa shape index (κ2) is 5.32. The summed E-state index contributed by atoms with van der Waals surface area (Å²) in [6.45, 7) is 4.15. The van der Waals surface area contributed by atoms with Crippen LogP contribution in [-0.4, -0.2) is 18.2 Å². The smallest absolute Gasteiger partial charge is 0.0697 e. The second-order valence-corrected chi connectivity index (χ2v) is 7.19. The van der Waals surface area contributed by atoms with Gasteiger partial charge in [0, 0.05) is 28.9 Å². The molecule has 0 amide bonds. The van der Waals surface area contributed by atoms with Crippen LogP contribution in [0.15, 0.2) is 12.1 Å². The standard InChI is InChI=1S/C15H23NOS/c1-12-4-5-14(18-12)11-16-13-6-9-17-15(10-13)7-2-3-8-15/h4-5,13,16H,2-3,6-11H2,1H3. The number of rotatable bonds is 3. The quantitative estimate of drug-likeness (QED) is 0.901. The Labute approximate surface area is 114 Å². The molecule has 0 radical (unpaired) electrons. The van der Waals surface area contributed by atoms with Crippen LogP contribution in [0.3, 0.4) is 0 Å². The van der Waals surface area contributed by atoms with Gasteiger partial charge in [0.2, 0.25) is 0 Å². The average Bonchev–Trinajstić information content (AvgIpc) is 2.97. The number of hydrogen-bond acceptors (Lipinski definition) is 3. The van der Waals surface area contributed by atoms with E-state index in [1.165, 1.54) is 48.3 Å². The summed E-state index contributed by atoms with van der Waals surface area (Å²) in [6.07, 6.45) is 7.67. The van der Waals surface area contributed by atoms with E-state index >= 15 is 0 Å². The SMILES string of the molecule is Cc1ccc(CNC2CCOC3(CCCC3)C2)s1. The molecule has 1 aliphatic carbocycles. The molecule has 1 aromatic rings. The minimum absolute atomic E-state index is 0.237. The van der Waals surface area contributed by atoms with Gasteiger partial charge in [-0.15, -0.1) is 11.3 Å². The molecule has 18 heavy (non-hydrogen) atoms. The van der Waals surface area contributed by atoms with Gasteiger partial charge in [-0.1, -0.05) is 12.8 Å². The lowest BCUT2D eigenvalue weighted by molar-refractivity contribution is -0.0837. The molecule has 1 aliphatic heterocycles. The zero-order chi connectivity index (χ0) is 12.4. The Morgan fingerprint density at radius 1 is 1.39 bits per heavy atom. The molecular weight excluding hydrogens is 242 g/mol. The third-order valence-electron chi connectivity index (χ3n) is 4.37. The van der Waals surface area contributed by atoms with Gasteiger partial charge < -0.3 is 10.1 Å². The lowest BCUT2D eigenvalue weighted by Crippen LogP contribution is -2.45. The molecule has 1 N–H and O–H groups in total. The van der Waals surface area contributed by atoms with E-state index in [1.54, 1.807) is 0 Å². The Morgan fingerprint density at radius 3 is 2.94 bits per heavy atom. The number of thiophene rings is 1. The molecule has 1 saturated heterocycles. The first kappa shape index (κ1) is 12.6. The maximum absolute atomic E-state index is 6.08. The lowest BCUT2D eigenvalue weighted by atomic mass is 9.89. The van der Waals surface area contributed by atoms with Crippen LogP contribution in [0.4, 0.5) is 0 Å². The van der Waals surface area contributed by atoms with Crippen molar-refractivity contribution in [2.45, 2.75) is 63.6 Å². The van der Waals surface area contributed by atoms with Crippen LogP contribution in [0.25, 0.3) is 0 Å². The molecule has 1 spiro atoms. The maximum Gasteiger partial charge on any atom is 0.0697 e. The van der Waals surface area contributed by atoms with E-state index in [9.17, 15) is 0 Å². The molecule has 1 saturated carbocycles. The summed E-state index contributed by atoms with van der Waals surface area (Å²) < 4.78 is 6.08. The minimum atomic E-state index is 0.237. The van der Waals surface area contributed by atoms with E-state index in [0.717, 1.165) is 13.2 Å². The van der Waals surface area contributed by atoms with Crippen molar-refractivity contribution in [3.05, 3.63) is 21.9 Å². The Balaban J connectivity index is 1.53. The van der Waals surface area contributed by atoms with Crippen molar-refractivity contribution in [1.82, 2.24) is 5.32 Å². The van der Waals surface area contributed by atoms with Gasteiger partial charge in [-0.25, -0.2) is 0 Å². The van der Waals surface area contributed by atoms with Crippen LogP contribution in [-0.2, 0) is 11.3 Å². The average molecular weight is 265 g/mol. The van der Waals surface area contributed by atoms with Crippen LogP contribution in [0.1, 0.15) is 48.3 Å². The van der Waals surface area contributed by atoms with Gasteiger partial charge in [-0.05, 0) is 44.7 Å². The van der Waals surface area contributed by atoms with Crippen molar-refractivity contribution >= 4 is 11.3 Å². The summed E-state index contributed by atoms with van der Waals surface area (Å²) in [5.41, 5.74) is 0.237. The van der Waals surface area contributed by atoms with Gasteiger partial charge in [0.05, 0.1) is 5.60 Å². The zero-order valence-corrected chi connectivity index (χ0v) is 12.0. The molecule has 2 nitrogen and oxygen atoms in total. The molecule has 1 unspecified atom stereocenters. The highest BCUT2D eigenvalue weighted by Crippen LogP contribution is 2.40. The molecule has 0 bridgehead atoms. The summed E-state index contributed by atoms with van der Waals surface area (Å²) in [5, 5.41) is 3.73. The van der Waals surface area contributed by atoms with Crippen molar-refractivity contribution in [2.75, 3.05) is 6.61 Å². The van der Waals surface area contributed by atoms with Crippen molar-refractivity contribution in [3.8, 4) is 0 Å². The Kier molecular flexibility index (Phi) is 3.73. The largest absolute Gasteiger partial charge is 0.375 e. The summed E-state index contributed by atoms with van der Waals surface area (Å²) >= 11 is 1.91. The van der Waals surface area contributed by atoms with E-state index in [-0.39, 0.29) is 5.60 Å². The highest BCUT2D eigenvalue weighted by molar-refractivity contribution is 7.11. The number of aryl methyl sites for hydroxylation is 1. The normalized spacial score (nSPS) is 26.8. The summed E-state index contributed by atoms with van der Waals surface area (Å²) in [7, 11) is 0. The van der Waals surface area contributed by atoms with E-state index < -0.39 is 0 Å². The molecule has 1 aromatic heterocycles. The van der Waals surface area contributed by atoms with Gasteiger partial charge in [0.15, 0.2) is 0 Å². The summed E-state index contributed by atoms with van der Waals surface area (Å²) in [5.74, 6) is 0. The van der Waals surface area contributed by atoms with Crippen LogP contribution in [0.5, 0.6) is 0 Å². The highest BCUT2D eigenvalue weighted by atomic mass is 32.1. The minimum Gasteiger partial charge on any atom is -0.375 e. The van der Waals surface area contributed by atoms with Crippen LogP contribution in [0.2, 0.25) is 0 Å². The van der Waals surface area contributed by atoms with Crippen molar-refractivity contribution in [3.63, 3.8) is 0 Å². The van der Waals surface area contributed by atoms with E-state index in [4.69, 9.17) is 4.74 Å². The fourth-order valence-electron chi connectivity index (χ4n) is 3.39. The molecule has 3 rings (SSSR count). The van der Waals surface area contributed by atoms with Crippen LogP contribution in [0, 0.1) is 6.92 Å². The van der Waals surface area contributed by atoms with Crippen molar-refractivity contribution in [2.24, 2.45) is 0 Å². The molecule has 2 aliphatic rings. The first-order chi connectivity index (χ1) is 8.76. The summed E-state index contributed by atoms with van der Waals surface area (Å²) in [4.78, 5) is 2.87. The third-order valence-corrected chi connectivity index (χ3v) is 5.37. The molecule has 1 atom stereocenters. The van der Waals surface area contributed by atoms with Crippen LogP contribution >= 0.6 is 11.3 Å². The van der Waals surface area contributed by atoms with Gasteiger partial charge in [0.25, 0.3) is 0 Å². The molecule has 3 heteroatoms. The summed E-state index contributed by atoms with van der Waals surface area (Å²) in [6, 6.07) is 5.11. The van der Waals surface area contributed by atoms with Gasteiger partial charge in [-0.3, -0.25) is 0 Å². The van der Waals surface area contributed by atoms with Gasteiger partial charge in [0.1, 0.15) is 0 Å². The fourth-order valence-corrected chi connectivity index (χ4v) is 4.24. The lowest BCUT2D eigenvalue weighted by Gasteiger charge is -2.38. The fraction of sp³-hybridized carbons (Fsp3) is 0.733. The predicted octanol–water partition coefficient (Wildman–Crippen LogP) is 3.64. The monoisotopic (exact) mass is 265 g/mol. The van der Waals surface area contributed by atoms with Crippen molar-refractivity contribution < 1.29 is 4.74 Å². The molecular formula is C15H23NOS. The Bertz CT molecular complexity index is 395. The molecule has 0 aromatic carbocycles. The van der Waals surface area contributed by atoms with E-state index in [0.29, 0.717) is 6.04 Å². The van der Waals surface area contributed by atoms with E-state index in [2.05, 4.69) is 24.4 Å². The van der Waals surface area contributed by atoms with Crippen LogP contribution < -0.4 is 5.32 Å². The number of ether oxygens (including phenoxy) is 1.